The lowest BCUT2D eigenvalue weighted by atomic mass is 10.1. The van der Waals surface area contributed by atoms with E-state index in [2.05, 4.69) is 15.0 Å². The average molecular weight is 341 g/mol. The molecule has 0 spiro atoms. The van der Waals surface area contributed by atoms with Gasteiger partial charge < -0.3 is 25.8 Å². The van der Waals surface area contributed by atoms with Gasteiger partial charge in [0.1, 0.15) is 24.1 Å². The van der Waals surface area contributed by atoms with E-state index < -0.39 is 31.1 Å². The van der Waals surface area contributed by atoms with Gasteiger partial charge in [-0.2, -0.15) is 11.8 Å². The lowest BCUT2D eigenvalue weighted by molar-refractivity contribution is -0.0949. The molecule has 1 aliphatic heterocycles. The summed E-state index contributed by atoms with van der Waals surface area (Å²) in [6.07, 6.45) is -0.688. The van der Waals surface area contributed by atoms with Gasteiger partial charge in [0.15, 0.2) is 17.7 Å². The van der Waals surface area contributed by atoms with E-state index in [0.29, 0.717) is 11.2 Å². The zero-order valence-electron chi connectivity index (χ0n) is 12.5. The minimum atomic E-state index is -1.16. The lowest BCUT2D eigenvalue weighted by Crippen LogP contribution is -2.39. The Balaban J connectivity index is 2.00. The number of thioether (sulfide) groups is 1. The van der Waals surface area contributed by atoms with Gasteiger partial charge in [-0.15, -0.1) is 0 Å². The monoisotopic (exact) mass is 341 g/mol. The number of aliphatic hydroxyl groups is 3. The van der Waals surface area contributed by atoms with Crippen LogP contribution in [-0.4, -0.2) is 70.8 Å². The number of nitrogens with zero attached hydrogens (tertiary/aromatic N) is 4. The molecular weight excluding hydrogens is 322 g/mol. The third-order valence-electron chi connectivity index (χ3n) is 3.84. The third kappa shape index (κ3) is 2.76. The maximum absolute atomic E-state index is 10.5. The van der Waals surface area contributed by atoms with Crippen LogP contribution in [0, 0.1) is 0 Å². The Labute approximate surface area is 136 Å². The summed E-state index contributed by atoms with van der Waals surface area (Å²) in [6.45, 7) is 1.48. The third-order valence-corrected chi connectivity index (χ3v) is 5.07. The molecular formula is C13H19N5O4S. The first-order valence-corrected chi connectivity index (χ1v) is 8.30. The van der Waals surface area contributed by atoms with Crippen molar-refractivity contribution in [3.05, 3.63) is 12.7 Å². The number of rotatable bonds is 5. The molecule has 3 heterocycles. The number of aromatic nitrogens is 4. The van der Waals surface area contributed by atoms with Gasteiger partial charge in [0, 0.05) is 0 Å². The average Bonchev–Trinajstić information content (AvgIpc) is 3.10. The molecule has 2 aromatic rings. The Morgan fingerprint density at radius 1 is 1.43 bits per heavy atom. The van der Waals surface area contributed by atoms with Crippen molar-refractivity contribution in [2.24, 2.45) is 0 Å². The van der Waals surface area contributed by atoms with E-state index in [0.717, 1.165) is 5.75 Å². The van der Waals surface area contributed by atoms with Crippen molar-refractivity contribution in [1.29, 1.82) is 0 Å². The summed E-state index contributed by atoms with van der Waals surface area (Å²) in [5.41, 5.74) is 6.74. The second kappa shape index (κ2) is 6.57. The highest BCUT2D eigenvalue weighted by Crippen LogP contribution is 2.40. The number of hydrogen-bond acceptors (Lipinski definition) is 9. The summed E-state index contributed by atoms with van der Waals surface area (Å²) < 4.78 is 7.50. The Hall–Kier alpha value is -1.46. The summed E-state index contributed by atoms with van der Waals surface area (Å²) in [4.78, 5) is 12.3. The summed E-state index contributed by atoms with van der Waals surface area (Å²) >= 11 is 1.51. The van der Waals surface area contributed by atoms with E-state index in [4.69, 9.17) is 15.6 Å². The molecule has 0 unspecified atom stereocenters. The molecule has 126 valence electrons. The van der Waals surface area contributed by atoms with Crippen molar-refractivity contribution in [3.63, 3.8) is 0 Å². The molecule has 0 aromatic carbocycles. The predicted molar refractivity (Wildman–Crippen MR) is 84.7 cm³/mol. The van der Waals surface area contributed by atoms with Crippen molar-refractivity contribution in [2.45, 2.75) is 36.7 Å². The quantitative estimate of drug-likeness (QED) is 0.547. The molecule has 1 fully saturated rings. The van der Waals surface area contributed by atoms with Gasteiger partial charge in [-0.3, -0.25) is 4.57 Å². The molecule has 0 saturated carbocycles. The number of fused-ring (bicyclic) bond motifs is 1. The molecule has 10 heteroatoms. The molecule has 0 aliphatic carbocycles. The summed E-state index contributed by atoms with van der Waals surface area (Å²) in [5, 5.41) is 29.2. The normalized spacial score (nSPS) is 29.2. The SMILES string of the molecule is CCS[C@H]1[C@@H](O)[C@@H]([C@H](O)CO)O[C@@H]1n1cnc2c(N)ncnc21. The second-order valence-electron chi connectivity index (χ2n) is 5.23. The predicted octanol–water partition coefficient (Wildman–Crippen LogP) is -0.858. The number of nitrogen functional groups attached to an aromatic ring is 1. The van der Waals surface area contributed by atoms with E-state index in [1.807, 2.05) is 6.92 Å². The van der Waals surface area contributed by atoms with Crippen LogP contribution in [0.4, 0.5) is 5.82 Å². The minimum Gasteiger partial charge on any atom is -0.394 e. The van der Waals surface area contributed by atoms with E-state index in [-0.39, 0.29) is 11.1 Å². The van der Waals surface area contributed by atoms with Gasteiger partial charge in [0.2, 0.25) is 0 Å². The van der Waals surface area contributed by atoms with Crippen molar-refractivity contribution in [3.8, 4) is 0 Å². The molecule has 2 aromatic heterocycles. The van der Waals surface area contributed by atoms with Gasteiger partial charge in [-0.05, 0) is 5.75 Å². The van der Waals surface area contributed by atoms with Gasteiger partial charge in [-0.1, -0.05) is 6.92 Å². The number of imidazole rings is 1. The summed E-state index contributed by atoms with van der Waals surface area (Å²) in [7, 11) is 0. The number of hydrogen-bond donors (Lipinski definition) is 4. The van der Waals surface area contributed by atoms with Crippen molar-refractivity contribution in [1.82, 2.24) is 19.5 Å². The number of anilines is 1. The lowest BCUT2D eigenvalue weighted by Gasteiger charge is -2.20. The maximum Gasteiger partial charge on any atom is 0.167 e. The zero-order chi connectivity index (χ0) is 16.6. The van der Waals surface area contributed by atoms with Crippen LogP contribution in [0.1, 0.15) is 13.2 Å². The Morgan fingerprint density at radius 3 is 2.91 bits per heavy atom. The minimum absolute atomic E-state index is 0.263. The van der Waals surface area contributed by atoms with E-state index in [1.54, 1.807) is 4.57 Å². The number of nitrogens with two attached hydrogens (primary N) is 1. The standard InChI is InChI=1S/C13H19N5O4S/c1-2-23-10-8(21)9(6(20)3-19)22-13(10)18-5-17-7-11(14)15-4-16-12(7)18/h4-6,8-10,13,19-21H,2-3H2,1H3,(H2,14,15,16)/t6-,8+,9-,10+,13+/m1/s1. The highest BCUT2D eigenvalue weighted by Gasteiger charge is 2.47. The molecule has 1 aliphatic rings. The molecule has 1 saturated heterocycles. The van der Waals surface area contributed by atoms with E-state index in [1.165, 1.54) is 24.4 Å². The zero-order valence-corrected chi connectivity index (χ0v) is 13.3. The Bertz CT molecular complexity index is 683. The van der Waals surface area contributed by atoms with E-state index >= 15 is 0 Å². The van der Waals surface area contributed by atoms with Gasteiger partial charge >= 0.3 is 0 Å². The first-order chi connectivity index (χ1) is 11.1. The van der Waals surface area contributed by atoms with Crippen LogP contribution < -0.4 is 5.73 Å². The van der Waals surface area contributed by atoms with Crippen LogP contribution in [0.3, 0.4) is 0 Å². The molecule has 0 bridgehead atoms. The molecule has 23 heavy (non-hydrogen) atoms. The van der Waals surface area contributed by atoms with Crippen LogP contribution in [0.2, 0.25) is 0 Å². The fourth-order valence-corrected chi connectivity index (χ4v) is 3.85. The van der Waals surface area contributed by atoms with Crippen LogP contribution in [0.15, 0.2) is 12.7 Å². The molecule has 3 rings (SSSR count). The van der Waals surface area contributed by atoms with Crippen molar-refractivity contribution < 1.29 is 20.1 Å². The van der Waals surface area contributed by atoms with Crippen LogP contribution in [-0.2, 0) is 4.74 Å². The first-order valence-electron chi connectivity index (χ1n) is 7.25. The van der Waals surface area contributed by atoms with Crippen LogP contribution in [0.25, 0.3) is 11.2 Å². The van der Waals surface area contributed by atoms with E-state index in [9.17, 15) is 10.2 Å². The molecule has 5 atom stereocenters. The summed E-state index contributed by atoms with van der Waals surface area (Å²) in [5.74, 6) is 1.02. The van der Waals surface area contributed by atoms with Crippen molar-refractivity contribution >= 4 is 28.7 Å². The largest absolute Gasteiger partial charge is 0.394 e. The fraction of sp³-hybridized carbons (Fsp3) is 0.615. The Kier molecular flexibility index (Phi) is 4.69. The summed E-state index contributed by atoms with van der Waals surface area (Å²) in [6, 6.07) is 0. The molecule has 0 radical (unpaired) electrons. The first kappa shape index (κ1) is 16.4. The molecule has 0 amide bonds. The van der Waals surface area contributed by atoms with Gasteiger partial charge in [0.25, 0.3) is 0 Å². The van der Waals surface area contributed by atoms with Gasteiger partial charge in [-0.25, -0.2) is 15.0 Å². The highest BCUT2D eigenvalue weighted by atomic mass is 32.2. The topological polar surface area (TPSA) is 140 Å². The fourth-order valence-electron chi connectivity index (χ4n) is 2.75. The smallest absolute Gasteiger partial charge is 0.167 e. The van der Waals surface area contributed by atoms with Crippen LogP contribution in [0.5, 0.6) is 0 Å². The molecule has 9 nitrogen and oxygen atoms in total. The van der Waals surface area contributed by atoms with Crippen LogP contribution >= 0.6 is 11.8 Å². The number of aliphatic hydroxyl groups excluding tert-OH is 3. The molecule has 5 N–H and O–H groups in total. The van der Waals surface area contributed by atoms with Crippen molar-refractivity contribution in [2.75, 3.05) is 18.1 Å². The Morgan fingerprint density at radius 2 is 2.22 bits per heavy atom. The second-order valence-corrected chi connectivity index (χ2v) is 6.69. The highest BCUT2D eigenvalue weighted by molar-refractivity contribution is 7.99. The van der Waals surface area contributed by atoms with Gasteiger partial charge in [0.05, 0.1) is 24.3 Å². The maximum atomic E-state index is 10.5. The number of ether oxygens (including phenoxy) is 1.